The SMILES string of the molecule is Cc1ccccc1-n1nnnc1SCc1cc(=O)oc2ccc3ccccc3c12. The number of rotatable bonds is 4. The molecule has 0 amide bonds. The molecule has 6 nitrogen and oxygen atoms in total. The molecule has 0 fully saturated rings. The zero-order valence-corrected chi connectivity index (χ0v) is 16.4. The molecule has 0 spiro atoms. The van der Waals surface area contributed by atoms with Crippen LogP contribution in [0.5, 0.6) is 0 Å². The average molecular weight is 400 g/mol. The Hall–Kier alpha value is -3.45. The molecule has 0 aliphatic heterocycles. The molecule has 0 saturated carbocycles. The number of hydrogen-bond acceptors (Lipinski definition) is 6. The van der Waals surface area contributed by atoms with E-state index in [1.165, 1.54) is 11.8 Å². The standard InChI is InChI=1S/C22H16N4O2S/c1-14-6-2-5-9-18(14)26-22(23-24-25-26)29-13-16-12-20(27)28-19-11-10-15-7-3-4-8-17(15)21(16)19/h2-12H,13H2,1H3. The van der Waals surface area contributed by atoms with Crippen molar-refractivity contribution in [1.29, 1.82) is 0 Å². The maximum atomic E-state index is 12.1. The minimum atomic E-state index is -0.359. The maximum Gasteiger partial charge on any atom is 0.336 e. The second-order valence-electron chi connectivity index (χ2n) is 6.70. The van der Waals surface area contributed by atoms with Crippen molar-refractivity contribution >= 4 is 33.5 Å². The van der Waals surface area contributed by atoms with Gasteiger partial charge in [-0.2, -0.15) is 4.68 Å². The molecule has 7 heteroatoms. The summed E-state index contributed by atoms with van der Waals surface area (Å²) in [6.07, 6.45) is 0. The number of para-hydroxylation sites is 1. The Morgan fingerprint density at radius 2 is 1.86 bits per heavy atom. The third-order valence-electron chi connectivity index (χ3n) is 4.86. The first kappa shape index (κ1) is 17.6. The van der Waals surface area contributed by atoms with Gasteiger partial charge in [0.15, 0.2) is 0 Å². The predicted molar refractivity (Wildman–Crippen MR) is 113 cm³/mol. The molecule has 0 radical (unpaired) electrons. The van der Waals surface area contributed by atoms with Gasteiger partial charge in [-0.05, 0) is 51.4 Å². The number of nitrogens with zero attached hydrogens (tertiary/aromatic N) is 4. The molecular weight excluding hydrogens is 384 g/mol. The van der Waals surface area contributed by atoms with Crippen molar-refractivity contribution in [2.24, 2.45) is 0 Å². The molecule has 0 aliphatic carbocycles. The third kappa shape index (κ3) is 3.19. The van der Waals surface area contributed by atoms with E-state index < -0.39 is 0 Å². The minimum absolute atomic E-state index is 0.359. The van der Waals surface area contributed by atoms with E-state index in [0.717, 1.165) is 33.0 Å². The predicted octanol–water partition coefficient (Wildman–Crippen LogP) is 4.52. The van der Waals surface area contributed by atoms with Gasteiger partial charge in [-0.25, -0.2) is 4.79 Å². The Kier molecular flexibility index (Phi) is 4.37. The van der Waals surface area contributed by atoms with Gasteiger partial charge in [-0.1, -0.05) is 60.3 Å². The molecule has 0 aliphatic rings. The van der Waals surface area contributed by atoms with Gasteiger partial charge in [-0.15, -0.1) is 5.10 Å². The average Bonchev–Trinajstić information content (AvgIpc) is 3.20. The van der Waals surface area contributed by atoms with Gasteiger partial charge in [0, 0.05) is 17.2 Å². The zero-order chi connectivity index (χ0) is 19.8. The van der Waals surface area contributed by atoms with Crippen LogP contribution in [-0.4, -0.2) is 20.2 Å². The summed E-state index contributed by atoms with van der Waals surface area (Å²) < 4.78 is 7.17. The fourth-order valence-electron chi connectivity index (χ4n) is 3.50. The van der Waals surface area contributed by atoms with E-state index in [1.807, 2.05) is 61.5 Å². The van der Waals surface area contributed by atoms with Crippen LogP contribution in [0.15, 0.2) is 81.1 Å². The highest BCUT2D eigenvalue weighted by atomic mass is 32.2. The monoisotopic (exact) mass is 400 g/mol. The van der Waals surface area contributed by atoms with E-state index in [4.69, 9.17) is 4.42 Å². The van der Waals surface area contributed by atoms with E-state index >= 15 is 0 Å². The minimum Gasteiger partial charge on any atom is -0.423 e. The van der Waals surface area contributed by atoms with Crippen LogP contribution in [0.2, 0.25) is 0 Å². The van der Waals surface area contributed by atoms with Gasteiger partial charge in [0.05, 0.1) is 5.69 Å². The maximum absolute atomic E-state index is 12.1. The van der Waals surface area contributed by atoms with E-state index in [2.05, 4.69) is 21.6 Å². The fourth-order valence-corrected chi connectivity index (χ4v) is 4.36. The lowest BCUT2D eigenvalue weighted by Crippen LogP contribution is -2.03. The van der Waals surface area contributed by atoms with Gasteiger partial charge >= 0.3 is 5.63 Å². The molecule has 0 atom stereocenters. The highest BCUT2D eigenvalue weighted by Crippen LogP contribution is 2.31. The van der Waals surface area contributed by atoms with Gasteiger partial charge < -0.3 is 4.42 Å². The first-order valence-corrected chi connectivity index (χ1v) is 10.1. The first-order valence-electron chi connectivity index (χ1n) is 9.12. The summed E-state index contributed by atoms with van der Waals surface area (Å²) in [7, 11) is 0. The zero-order valence-electron chi connectivity index (χ0n) is 15.6. The Bertz CT molecular complexity index is 1410. The Morgan fingerprint density at radius 1 is 1.03 bits per heavy atom. The van der Waals surface area contributed by atoms with Crippen molar-refractivity contribution in [1.82, 2.24) is 20.2 Å². The van der Waals surface area contributed by atoms with E-state index in [9.17, 15) is 4.79 Å². The van der Waals surface area contributed by atoms with Crippen LogP contribution in [0.25, 0.3) is 27.4 Å². The van der Waals surface area contributed by atoms with Crippen molar-refractivity contribution < 1.29 is 4.42 Å². The molecule has 0 unspecified atom stereocenters. The van der Waals surface area contributed by atoms with Crippen LogP contribution in [0, 0.1) is 6.92 Å². The van der Waals surface area contributed by atoms with Crippen LogP contribution in [-0.2, 0) is 5.75 Å². The van der Waals surface area contributed by atoms with Crippen LogP contribution in [0.4, 0.5) is 0 Å². The molecular formula is C22H16N4O2S. The molecule has 2 aromatic heterocycles. The number of hydrogen-bond donors (Lipinski definition) is 0. The van der Waals surface area contributed by atoms with Crippen LogP contribution in [0.1, 0.15) is 11.1 Å². The number of aromatic nitrogens is 4. The van der Waals surface area contributed by atoms with Gasteiger partial charge in [0.25, 0.3) is 0 Å². The van der Waals surface area contributed by atoms with Crippen LogP contribution >= 0.6 is 11.8 Å². The molecule has 0 saturated heterocycles. The molecule has 0 bridgehead atoms. The number of tetrazole rings is 1. The van der Waals surface area contributed by atoms with E-state index in [0.29, 0.717) is 16.5 Å². The summed E-state index contributed by atoms with van der Waals surface area (Å²) in [6, 6.07) is 21.4. The molecule has 142 valence electrons. The highest BCUT2D eigenvalue weighted by molar-refractivity contribution is 7.98. The number of aryl methyl sites for hydroxylation is 1. The summed E-state index contributed by atoms with van der Waals surface area (Å²) in [5.41, 5.74) is 3.14. The van der Waals surface area contributed by atoms with Crippen molar-refractivity contribution in [2.45, 2.75) is 17.8 Å². The van der Waals surface area contributed by atoms with Gasteiger partial charge in [0.1, 0.15) is 5.58 Å². The largest absolute Gasteiger partial charge is 0.423 e. The molecule has 5 aromatic rings. The topological polar surface area (TPSA) is 73.8 Å². The van der Waals surface area contributed by atoms with E-state index in [-0.39, 0.29) is 5.63 Å². The highest BCUT2D eigenvalue weighted by Gasteiger charge is 2.14. The van der Waals surface area contributed by atoms with Gasteiger partial charge in [-0.3, -0.25) is 0 Å². The first-order chi connectivity index (χ1) is 14.2. The normalized spacial score (nSPS) is 11.3. The van der Waals surface area contributed by atoms with Crippen molar-refractivity contribution in [3.63, 3.8) is 0 Å². The second kappa shape index (κ2) is 7.18. The smallest absolute Gasteiger partial charge is 0.336 e. The van der Waals surface area contributed by atoms with Crippen molar-refractivity contribution in [3.8, 4) is 5.69 Å². The number of benzene rings is 3. The molecule has 3 aromatic carbocycles. The fraction of sp³-hybridized carbons (Fsp3) is 0.0909. The van der Waals surface area contributed by atoms with Crippen LogP contribution < -0.4 is 5.63 Å². The van der Waals surface area contributed by atoms with Crippen LogP contribution in [0.3, 0.4) is 0 Å². The van der Waals surface area contributed by atoms with Crippen molar-refractivity contribution in [3.05, 3.63) is 88.3 Å². The summed E-state index contributed by atoms with van der Waals surface area (Å²) in [6.45, 7) is 2.02. The molecule has 2 heterocycles. The second-order valence-corrected chi connectivity index (χ2v) is 7.64. The Balaban J connectivity index is 1.58. The molecule has 5 rings (SSSR count). The lowest BCUT2D eigenvalue weighted by Gasteiger charge is -2.09. The van der Waals surface area contributed by atoms with E-state index in [1.54, 1.807) is 10.7 Å². The number of fused-ring (bicyclic) bond motifs is 3. The Morgan fingerprint density at radius 3 is 2.76 bits per heavy atom. The third-order valence-corrected chi connectivity index (χ3v) is 5.82. The number of thioether (sulfide) groups is 1. The summed E-state index contributed by atoms with van der Waals surface area (Å²) >= 11 is 1.49. The summed E-state index contributed by atoms with van der Waals surface area (Å²) in [5, 5.41) is 15.9. The van der Waals surface area contributed by atoms with Gasteiger partial charge in [0.2, 0.25) is 5.16 Å². The summed E-state index contributed by atoms with van der Waals surface area (Å²) in [4.78, 5) is 12.1. The summed E-state index contributed by atoms with van der Waals surface area (Å²) in [5.74, 6) is 0.544. The lowest BCUT2D eigenvalue weighted by atomic mass is 10.0. The molecule has 0 N–H and O–H groups in total. The quantitative estimate of drug-likeness (QED) is 0.251. The Labute approximate surface area is 170 Å². The molecule has 29 heavy (non-hydrogen) atoms. The lowest BCUT2D eigenvalue weighted by molar-refractivity contribution is 0.560. The van der Waals surface area contributed by atoms with Crippen molar-refractivity contribution in [2.75, 3.05) is 0 Å².